The molecular formula is C20H27N5O6S. The lowest BCUT2D eigenvalue weighted by Gasteiger charge is -2.24. The van der Waals surface area contributed by atoms with E-state index in [0.29, 0.717) is 5.56 Å². The normalized spacial score (nSPS) is 14.8. The fraction of sp³-hybridized carbons (Fsp3) is 0.400. The van der Waals surface area contributed by atoms with Crippen LogP contribution in [-0.4, -0.2) is 75.4 Å². The first-order valence-electron chi connectivity index (χ1n) is 9.84. The van der Waals surface area contributed by atoms with Gasteiger partial charge in [0.1, 0.15) is 18.1 Å². The highest BCUT2D eigenvalue weighted by atomic mass is 32.1. The zero-order valence-corrected chi connectivity index (χ0v) is 18.3. The number of aliphatic hydroxyl groups excluding tert-OH is 1. The molecular weight excluding hydrogens is 438 g/mol. The molecule has 2 aromatic rings. The van der Waals surface area contributed by atoms with Gasteiger partial charge in [0.15, 0.2) is 0 Å². The molecule has 0 aliphatic carbocycles. The Bertz CT molecular complexity index is 978. The predicted octanol–water partition coefficient (Wildman–Crippen LogP) is -1.48. The Morgan fingerprint density at radius 1 is 1.03 bits per heavy atom. The fourth-order valence-corrected chi connectivity index (χ4v) is 3.20. The highest BCUT2D eigenvalue weighted by molar-refractivity contribution is 7.80. The molecule has 0 aliphatic rings. The Hall–Kier alpha value is -3.09. The van der Waals surface area contributed by atoms with Gasteiger partial charge in [0.05, 0.1) is 12.6 Å². The number of nitrogens with one attached hydrogen (secondary N) is 4. The first-order chi connectivity index (χ1) is 15.2. The van der Waals surface area contributed by atoms with Crippen LogP contribution in [0.3, 0.4) is 0 Å². The number of aliphatic hydroxyl groups is 1. The number of hydrogen-bond donors (Lipinski definition) is 8. The number of thiol groups is 1. The maximum Gasteiger partial charge on any atom is 0.327 e. The maximum atomic E-state index is 12.9. The van der Waals surface area contributed by atoms with Gasteiger partial charge < -0.3 is 36.9 Å². The summed E-state index contributed by atoms with van der Waals surface area (Å²) in [4.78, 5) is 51.7. The molecule has 4 unspecified atom stereocenters. The second-order valence-electron chi connectivity index (χ2n) is 7.24. The Labute approximate surface area is 189 Å². The van der Waals surface area contributed by atoms with Crippen LogP contribution in [0.4, 0.5) is 0 Å². The molecule has 0 bridgehead atoms. The Morgan fingerprint density at radius 3 is 2.22 bits per heavy atom. The van der Waals surface area contributed by atoms with E-state index in [1.54, 1.807) is 6.20 Å². The second kappa shape index (κ2) is 11.5. The maximum absolute atomic E-state index is 12.9. The number of amides is 3. The molecule has 3 amide bonds. The van der Waals surface area contributed by atoms with E-state index in [4.69, 9.17) is 5.73 Å². The number of carboxylic acid groups (broad SMARTS) is 1. The zero-order valence-electron chi connectivity index (χ0n) is 17.4. The van der Waals surface area contributed by atoms with E-state index in [1.807, 2.05) is 24.3 Å². The van der Waals surface area contributed by atoms with Crippen LogP contribution in [0.15, 0.2) is 30.5 Å². The standard InChI is InChI=1S/C20H27N5O6S/c1-10(21)17(27)24-15(8-26)19(29)23-14(18(28)25-16(9-32)20(30)31)6-11-7-22-13-5-3-2-4-12(11)13/h2-5,7,10,14-16,22,26,32H,6,8-9,21H2,1H3,(H,23,29)(H,24,27)(H,25,28)(H,30,31). The molecule has 2 rings (SSSR count). The highest BCUT2D eigenvalue weighted by Crippen LogP contribution is 2.19. The third kappa shape index (κ3) is 6.45. The number of aromatic amines is 1. The summed E-state index contributed by atoms with van der Waals surface area (Å²) in [6, 6.07) is 2.64. The molecule has 1 aromatic carbocycles. The number of carbonyl (C=O) groups excluding carboxylic acids is 3. The number of carboxylic acids is 1. The molecule has 0 aliphatic heterocycles. The lowest BCUT2D eigenvalue weighted by molar-refractivity contribution is -0.141. The largest absolute Gasteiger partial charge is 0.480 e. The summed E-state index contributed by atoms with van der Waals surface area (Å²) in [6.45, 7) is 0.693. The van der Waals surface area contributed by atoms with E-state index in [1.165, 1.54) is 6.92 Å². The van der Waals surface area contributed by atoms with Crippen molar-refractivity contribution >= 4 is 47.2 Å². The molecule has 1 aromatic heterocycles. The molecule has 12 heteroatoms. The van der Waals surface area contributed by atoms with Gasteiger partial charge in [-0.15, -0.1) is 0 Å². The lowest BCUT2D eigenvalue weighted by atomic mass is 10.0. The SMILES string of the molecule is CC(N)C(=O)NC(CO)C(=O)NC(Cc1c[nH]c2ccccc12)C(=O)NC(CS)C(=O)O. The third-order valence-corrected chi connectivity index (χ3v) is 5.12. The van der Waals surface area contributed by atoms with Crippen molar-refractivity contribution in [3.8, 4) is 0 Å². The van der Waals surface area contributed by atoms with Crippen molar-refractivity contribution in [2.24, 2.45) is 5.73 Å². The number of fused-ring (bicyclic) bond motifs is 1. The summed E-state index contributed by atoms with van der Waals surface area (Å²) in [6.07, 6.45) is 1.71. The summed E-state index contributed by atoms with van der Waals surface area (Å²) in [5.74, 6) is -3.65. The van der Waals surface area contributed by atoms with Crippen LogP contribution in [0.2, 0.25) is 0 Å². The number of para-hydroxylation sites is 1. The van der Waals surface area contributed by atoms with Crippen molar-refractivity contribution in [2.75, 3.05) is 12.4 Å². The van der Waals surface area contributed by atoms with E-state index in [2.05, 4.69) is 33.6 Å². The molecule has 0 saturated carbocycles. The monoisotopic (exact) mass is 465 g/mol. The molecule has 8 N–H and O–H groups in total. The van der Waals surface area contributed by atoms with Gasteiger partial charge in [-0.1, -0.05) is 18.2 Å². The summed E-state index contributed by atoms with van der Waals surface area (Å²) >= 11 is 3.93. The van der Waals surface area contributed by atoms with E-state index < -0.39 is 54.5 Å². The van der Waals surface area contributed by atoms with E-state index in [9.17, 15) is 29.4 Å². The summed E-state index contributed by atoms with van der Waals surface area (Å²) in [7, 11) is 0. The number of aliphatic carboxylic acids is 1. The fourth-order valence-electron chi connectivity index (χ4n) is 2.96. The molecule has 4 atom stereocenters. The van der Waals surface area contributed by atoms with Gasteiger partial charge in [-0.05, 0) is 18.6 Å². The Morgan fingerprint density at radius 2 is 1.62 bits per heavy atom. The van der Waals surface area contributed by atoms with Crippen molar-refractivity contribution in [1.29, 1.82) is 0 Å². The van der Waals surface area contributed by atoms with E-state index in [0.717, 1.165) is 10.9 Å². The molecule has 1 heterocycles. The quantitative estimate of drug-likeness (QED) is 0.186. The Kier molecular flexibility index (Phi) is 9.05. The van der Waals surface area contributed by atoms with Gasteiger partial charge in [-0.25, -0.2) is 4.79 Å². The summed E-state index contributed by atoms with van der Waals surface area (Å²) in [5, 5.41) is 26.7. The van der Waals surface area contributed by atoms with Gasteiger partial charge in [0, 0.05) is 29.3 Å². The third-order valence-electron chi connectivity index (χ3n) is 4.76. The van der Waals surface area contributed by atoms with E-state index >= 15 is 0 Å². The van der Waals surface area contributed by atoms with Gasteiger partial charge in [0.25, 0.3) is 0 Å². The number of aromatic nitrogens is 1. The number of nitrogens with two attached hydrogens (primary N) is 1. The molecule has 0 fully saturated rings. The van der Waals surface area contributed by atoms with Crippen LogP contribution < -0.4 is 21.7 Å². The summed E-state index contributed by atoms with van der Waals surface area (Å²) < 4.78 is 0. The molecule has 0 saturated heterocycles. The first-order valence-corrected chi connectivity index (χ1v) is 10.5. The van der Waals surface area contributed by atoms with Gasteiger partial charge in [0.2, 0.25) is 17.7 Å². The highest BCUT2D eigenvalue weighted by Gasteiger charge is 2.30. The van der Waals surface area contributed by atoms with Crippen LogP contribution in [0.1, 0.15) is 12.5 Å². The topological polar surface area (TPSA) is 187 Å². The van der Waals surface area contributed by atoms with Crippen molar-refractivity contribution in [3.63, 3.8) is 0 Å². The number of hydrogen-bond acceptors (Lipinski definition) is 7. The molecule has 32 heavy (non-hydrogen) atoms. The van der Waals surface area contributed by atoms with Crippen LogP contribution in [0, 0.1) is 0 Å². The minimum Gasteiger partial charge on any atom is -0.480 e. The minimum atomic E-state index is -1.34. The molecule has 0 radical (unpaired) electrons. The number of H-pyrrole nitrogens is 1. The average Bonchev–Trinajstić information content (AvgIpc) is 3.17. The van der Waals surface area contributed by atoms with Crippen LogP contribution in [0.25, 0.3) is 10.9 Å². The molecule has 11 nitrogen and oxygen atoms in total. The van der Waals surface area contributed by atoms with Crippen LogP contribution in [-0.2, 0) is 25.6 Å². The average molecular weight is 466 g/mol. The van der Waals surface area contributed by atoms with Crippen molar-refractivity contribution in [1.82, 2.24) is 20.9 Å². The molecule has 0 spiro atoms. The van der Waals surface area contributed by atoms with Crippen molar-refractivity contribution < 1.29 is 29.4 Å². The number of rotatable bonds is 11. The van der Waals surface area contributed by atoms with E-state index in [-0.39, 0.29) is 12.2 Å². The van der Waals surface area contributed by atoms with Crippen molar-refractivity contribution in [2.45, 2.75) is 37.5 Å². The number of carbonyl (C=O) groups is 4. The first kappa shape index (κ1) is 25.2. The number of benzene rings is 1. The molecule has 174 valence electrons. The van der Waals surface area contributed by atoms with Gasteiger partial charge >= 0.3 is 5.97 Å². The Balaban J connectivity index is 2.26. The van der Waals surface area contributed by atoms with Gasteiger partial charge in [-0.2, -0.15) is 12.6 Å². The minimum absolute atomic E-state index is 0.0277. The van der Waals surface area contributed by atoms with Crippen molar-refractivity contribution in [3.05, 3.63) is 36.0 Å². The zero-order chi connectivity index (χ0) is 23.8. The second-order valence-corrected chi connectivity index (χ2v) is 7.60. The predicted molar refractivity (Wildman–Crippen MR) is 120 cm³/mol. The van der Waals surface area contributed by atoms with Crippen LogP contribution >= 0.6 is 12.6 Å². The van der Waals surface area contributed by atoms with Crippen LogP contribution in [0.5, 0.6) is 0 Å². The lowest BCUT2D eigenvalue weighted by Crippen LogP contribution is -2.58. The van der Waals surface area contributed by atoms with Gasteiger partial charge in [-0.3, -0.25) is 14.4 Å². The summed E-state index contributed by atoms with van der Waals surface area (Å²) in [5.41, 5.74) is 7.01. The smallest absolute Gasteiger partial charge is 0.327 e.